The average molecular weight is 223 g/mol. The molecule has 1 saturated heterocycles. The standard InChI is InChI=1S/C11H17N3S/c1-3-8-7(2)13-11(14-10(8)12)9-5-4-6-15-9/h9H,3-6H2,1-2H3,(H2,12,13,14). The van der Waals surface area contributed by atoms with Crippen LogP contribution in [0.1, 0.15) is 42.1 Å². The fraction of sp³-hybridized carbons (Fsp3) is 0.636. The quantitative estimate of drug-likeness (QED) is 0.837. The molecule has 82 valence electrons. The second-order valence-corrected chi connectivity index (χ2v) is 5.20. The highest BCUT2D eigenvalue weighted by molar-refractivity contribution is 7.99. The zero-order chi connectivity index (χ0) is 10.8. The van der Waals surface area contributed by atoms with Crippen LogP contribution < -0.4 is 5.73 Å². The van der Waals surface area contributed by atoms with E-state index in [4.69, 9.17) is 5.73 Å². The van der Waals surface area contributed by atoms with Crippen molar-refractivity contribution in [1.29, 1.82) is 0 Å². The smallest absolute Gasteiger partial charge is 0.143 e. The summed E-state index contributed by atoms with van der Waals surface area (Å²) in [5.74, 6) is 2.83. The van der Waals surface area contributed by atoms with Crippen LogP contribution in [-0.2, 0) is 6.42 Å². The Bertz CT molecular complexity index is 336. The Hall–Kier alpha value is -0.770. The van der Waals surface area contributed by atoms with Crippen molar-refractivity contribution in [3.8, 4) is 0 Å². The summed E-state index contributed by atoms with van der Waals surface area (Å²) in [6.07, 6.45) is 3.37. The number of nitrogens with two attached hydrogens (primary N) is 1. The van der Waals surface area contributed by atoms with Crippen molar-refractivity contribution in [2.45, 2.75) is 38.4 Å². The molecule has 0 aromatic carbocycles. The van der Waals surface area contributed by atoms with Gasteiger partial charge in [0.2, 0.25) is 0 Å². The number of nitrogen functional groups attached to an aromatic ring is 1. The van der Waals surface area contributed by atoms with E-state index >= 15 is 0 Å². The molecule has 2 N–H and O–H groups in total. The van der Waals surface area contributed by atoms with Crippen LogP contribution in [0.5, 0.6) is 0 Å². The Labute approximate surface area is 94.9 Å². The largest absolute Gasteiger partial charge is 0.383 e. The van der Waals surface area contributed by atoms with Crippen molar-refractivity contribution in [2.24, 2.45) is 0 Å². The summed E-state index contributed by atoms with van der Waals surface area (Å²) in [6.45, 7) is 4.12. The number of hydrogen-bond donors (Lipinski definition) is 1. The summed E-state index contributed by atoms with van der Waals surface area (Å²) >= 11 is 1.95. The second-order valence-electron chi connectivity index (χ2n) is 3.89. The summed E-state index contributed by atoms with van der Waals surface area (Å²) < 4.78 is 0. The monoisotopic (exact) mass is 223 g/mol. The van der Waals surface area contributed by atoms with Gasteiger partial charge in [-0.1, -0.05) is 6.92 Å². The minimum atomic E-state index is 0.469. The predicted molar refractivity (Wildman–Crippen MR) is 65.0 cm³/mol. The molecule has 1 fully saturated rings. The molecule has 0 aliphatic carbocycles. The topological polar surface area (TPSA) is 51.8 Å². The van der Waals surface area contributed by atoms with E-state index in [1.807, 2.05) is 18.7 Å². The van der Waals surface area contributed by atoms with Gasteiger partial charge in [-0.3, -0.25) is 0 Å². The molecule has 1 aliphatic rings. The molecule has 1 aliphatic heterocycles. The molecule has 0 saturated carbocycles. The van der Waals surface area contributed by atoms with Gasteiger partial charge < -0.3 is 5.73 Å². The van der Waals surface area contributed by atoms with Crippen molar-refractivity contribution < 1.29 is 0 Å². The summed E-state index contributed by atoms with van der Waals surface area (Å²) in [6, 6.07) is 0. The minimum absolute atomic E-state index is 0.469. The van der Waals surface area contributed by atoms with Gasteiger partial charge in [-0.25, -0.2) is 9.97 Å². The van der Waals surface area contributed by atoms with E-state index < -0.39 is 0 Å². The minimum Gasteiger partial charge on any atom is -0.383 e. The highest BCUT2D eigenvalue weighted by Gasteiger charge is 2.21. The van der Waals surface area contributed by atoms with Crippen molar-refractivity contribution in [2.75, 3.05) is 11.5 Å². The van der Waals surface area contributed by atoms with Gasteiger partial charge >= 0.3 is 0 Å². The van der Waals surface area contributed by atoms with E-state index in [1.54, 1.807) is 0 Å². The number of hydrogen-bond acceptors (Lipinski definition) is 4. The molecule has 0 spiro atoms. The lowest BCUT2D eigenvalue weighted by Gasteiger charge is -2.12. The van der Waals surface area contributed by atoms with Crippen molar-refractivity contribution >= 4 is 17.6 Å². The van der Waals surface area contributed by atoms with Crippen molar-refractivity contribution in [1.82, 2.24) is 9.97 Å². The molecule has 4 heteroatoms. The van der Waals surface area contributed by atoms with E-state index in [0.717, 1.165) is 23.5 Å². The van der Waals surface area contributed by atoms with Crippen LogP contribution in [0.3, 0.4) is 0 Å². The maximum Gasteiger partial charge on any atom is 0.143 e. The van der Waals surface area contributed by atoms with Crippen LogP contribution in [0.2, 0.25) is 0 Å². The van der Waals surface area contributed by atoms with Gasteiger partial charge in [-0.05, 0) is 31.9 Å². The van der Waals surface area contributed by atoms with Crippen LogP contribution in [-0.4, -0.2) is 15.7 Å². The number of nitrogens with zero attached hydrogens (tertiary/aromatic N) is 2. The Morgan fingerprint density at radius 2 is 2.27 bits per heavy atom. The Kier molecular flexibility index (Phi) is 3.14. The SMILES string of the molecule is CCc1c(C)nc(C2CCCS2)nc1N. The number of aromatic nitrogens is 2. The summed E-state index contributed by atoms with van der Waals surface area (Å²) in [5.41, 5.74) is 8.09. The van der Waals surface area contributed by atoms with E-state index in [2.05, 4.69) is 16.9 Å². The van der Waals surface area contributed by atoms with Crippen LogP contribution >= 0.6 is 11.8 Å². The molecule has 15 heavy (non-hydrogen) atoms. The first kappa shape index (κ1) is 10.7. The van der Waals surface area contributed by atoms with E-state index in [0.29, 0.717) is 11.1 Å². The third-order valence-corrected chi connectivity index (χ3v) is 4.21. The molecule has 2 heterocycles. The zero-order valence-corrected chi connectivity index (χ0v) is 10.1. The highest BCUT2D eigenvalue weighted by Crippen LogP contribution is 2.38. The Morgan fingerprint density at radius 1 is 1.47 bits per heavy atom. The average Bonchev–Trinajstić information content (AvgIpc) is 2.69. The second kappa shape index (κ2) is 4.39. The highest BCUT2D eigenvalue weighted by atomic mass is 32.2. The molecule has 1 aromatic heterocycles. The van der Waals surface area contributed by atoms with Gasteiger partial charge in [0.1, 0.15) is 11.6 Å². The van der Waals surface area contributed by atoms with E-state index in [1.165, 1.54) is 18.6 Å². The first-order valence-electron chi connectivity index (χ1n) is 5.47. The van der Waals surface area contributed by atoms with E-state index in [-0.39, 0.29) is 0 Å². The van der Waals surface area contributed by atoms with Crippen LogP contribution in [0.25, 0.3) is 0 Å². The van der Waals surface area contributed by atoms with Gasteiger partial charge in [0, 0.05) is 11.3 Å². The number of thioether (sulfide) groups is 1. The van der Waals surface area contributed by atoms with Crippen molar-refractivity contribution in [3.05, 3.63) is 17.1 Å². The van der Waals surface area contributed by atoms with E-state index in [9.17, 15) is 0 Å². The lowest BCUT2D eigenvalue weighted by molar-refractivity contribution is 0.768. The fourth-order valence-electron chi connectivity index (χ4n) is 2.00. The normalized spacial score (nSPS) is 20.8. The van der Waals surface area contributed by atoms with Gasteiger partial charge in [-0.15, -0.1) is 0 Å². The third kappa shape index (κ3) is 2.09. The molecule has 0 amide bonds. The van der Waals surface area contributed by atoms with Gasteiger partial charge in [0.05, 0.1) is 5.25 Å². The van der Waals surface area contributed by atoms with Crippen LogP contribution in [0.15, 0.2) is 0 Å². The molecule has 3 nitrogen and oxygen atoms in total. The van der Waals surface area contributed by atoms with Crippen LogP contribution in [0, 0.1) is 6.92 Å². The third-order valence-electron chi connectivity index (χ3n) is 2.83. The first-order valence-corrected chi connectivity index (χ1v) is 6.51. The van der Waals surface area contributed by atoms with Gasteiger partial charge in [0.25, 0.3) is 0 Å². The lowest BCUT2D eigenvalue weighted by Crippen LogP contribution is -2.08. The lowest BCUT2D eigenvalue weighted by atomic mass is 10.1. The van der Waals surface area contributed by atoms with Crippen LogP contribution in [0.4, 0.5) is 5.82 Å². The van der Waals surface area contributed by atoms with Crippen molar-refractivity contribution in [3.63, 3.8) is 0 Å². The Morgan fingerprint density at radius 3 is 2.80 bits per heavy atom. The van der Waals surface area contributed by atoms with Gasteiger partial charge in [0.15, 0.2) is 0 Å². The zero-order valence-electron chi connectivity index (χ0n) is 9.29. The number of aryl methyl sites for hydroxylation is 1. The number of rotatable bonds is 2. The first-order chi connectivity index (χ1) is 7.22. The maximum absolute atomic E-state index is 5.94. The molecular weight excluding hydrogens is 206 g/mol. The molecular formula is C11H17N3S. The predicted octanol–water partition coefficient (Wildman–Crippen LogP) is 2.50. The molecule has 0 bridgehead atoms. The molecule has 1 unspecified atom stereocenters. The molecule has 1 aromatic rings. The fourth-order valence-corrected chi connectivity index (χ4v) is 3.21. The maximum atomic E-state index is 5.94. The molecule has 2 rings (SSSR count). The van der Waals surface area contributed by atoms with Gasteiger partial charge in [-0.2, -0.15) is 11.8 Å². The number of anilines is 1. The Balaban J connectivity index is 2.33. The molecule has 0 radical (unpaired) electrons. The summed E-state index contributed by atoms with van der Waals surface area (Å²) in [4.78, 5) is 9.01. The summed E-state index contributed by atoms with van der Waals surface area (Å²) in [7, 11) is 0. The summed E-state index contributed by atoms with van der Waals surface area (Å²) in [5, 5.41) is 0.469. The molecule has 1 atom stereocenters.